The van der Waals surface area contributed by atoms with Crippen molar-refractivity contribution in [2.24, 2.45) is 5.92 Å². The van der Waals surface area contributed by atoms with E-state index in [4.69, 9.17) is 0 Å². The standard InChI is InChI=1S/C20H19FN2O2/c1-2-12-22(16-8-4-3-5-9-16)20(25)15-13-19(24)23(14-15)18-11-7-6-10-17(18)21/h2-11,15H,1,12-14H2. The van der Waals surface area contributed by atoms with Gasteiger partial charge in [-0.1, -0.05) is 36.4 Å². The van der Waals surface area contributed by atoms with Gasteiger partial charge >= 0.3 is 0 Å². The molecule has 1 fully saturated rings. The molecule has 1 aliphatic rings. The van der Waals surface area contributed by atoms with Gasteiger partial charge in [0.15, 0.2) is 0 Å². The van der Waals surface area contributed by atoms with Crippen LogP contribution < -0.4 is 9.80 Å². The average Bonchev–Trinajstić information content (AvgIpc) is 3.02. The number of anilines is 2. The van der Waals surface area contributed by atoms with Gasteiger partial charge in [0.25, 0.3) is 0 Å². The van der Waals surface area contributed by atoms with Crippen LogP contribution in [0.3, 0.4) is 0 Å². The summed E-state index contributed by atoms with van der Waals surface area (Å²) in [5.41, 5.74) is 0.974. The van der Waals surface area contributed by atoms with E-state index in [0.29, 0.717) is 6.54 Å². The Morgan fingerprint density at radius 3 is 2.56 bits per heavy atom. The topological polar surface area (TPSA) is 40.6 Å². The lowest BCUT2D eigenvalue weighted by molar-refractivity contribution is -0.124. The van der Waals surface area contributed by atoms with Crippen molar-refractivity contribution in [2.75, 3.05) is 22.9 Å². The molecule has 25 heavy (non-hydrogen) atoms. The van der Waals surface area contributed by atoms with Crippen LogP contribution in [0.25, 0.3) is 0 Å². The summed E-state index contributed by atoms with van der Waals surface area (Å²) in [4.78, 5) is 28.2. The molecule has 1 heterocycles. The Hall–Kier alpha value is -2.95. The van der Waals surface area contributed by atoms with Gasteiger partial charge in [-0.05, 0) is 24.3 Å². The van der Waals surface area contributed by atoms with E-state index in [1.807, 2.05) is 30.3 Å². The molecule has 1 aliphatic heterocycles. The number of para-hydroxylation sites is 2. The summed E-state index contributed by atoms with van der Waals surface area (Å²) >= 11 is 0. The Labute approximate surface area is 146 Å². The highest BCUT2D eigenvalue weighted by atomic mass is 19.1. The fourth-order valence-corrected chi connectivity index (χ4v) is 3.06. The van der Waals surface area contributed by atoms with Crippen molar-refractivity contribution in [2.45, 2.75) is 6.42 Å². The van der Waals surface area contributed by atoms with Gasteiger partial charge in [-0.3, -0.25) is 9.59 Å². The molecule has 0 N–H and O–H groups in total. The molecule has 1 saturated heterocycles. The minimum atomic E-state index is -0.507. The van der Waals surface area contributed by atoms with Crippen molar-refractivity contribution in [3.05, 3.63) is 73.1 Å². The Balaban J connectivity index is 1.82. The molecule has 5 heteroatoms. The fraction of sp³-hybridized carbons (Fsp3) is 0.200. The summed E-state index contributed by atoms with van der Waals surface area (Å²) < 4.78 is 14.0. The van der Waals surface area contributed by atoms with Gasteiger partial charge in [-0.25, -0.2) is 4.39 Å². The molecular formula is C20H19FN2O2. The Kier molecular flexibility index (Phi) is 4.93. The third-order valence-corrected chi connectivity index (χ3v) is 4.26. The van der Waals surface area contributed by atoms with Crippen LogP contribution in [0.2, 0.25) is 0 Å². The van der Waals surface area contributed by atoms with E-state index in [9.17, 15) is 14.0 Å². The molecule has 0 radical (unpaired) electrons. The molecular weight excluding hydrogens is 319 g/mol. The molecule has 0 aromatic heterocycles. The molecule has 0 saturated carbocycles. The minimum absolute atomic E-state index is 0.0770. The monoisotopic (exact) mass is 338 g/mol. The molecule has 2 aromatic rings. The summed E-state index contributed by atoms with van der Waals surface area (Å²) in [6.07, 6.45) is 1.73. The van der Waals surface area contributed by atoms with Gasteiger partial charge in [-0.2, -0.15) is 0 Å². The fourth-order valence-electron chi connectivity index (χ4n) is 3.06. The van der Waals surface area contributed by atoms with Crippen LogP contribution >= 0.6 is 0 Å². The third kappa shape index (κ3) is 3.45. The molecule has 4 nitrogen and oxygen atoms in total. The molecule has 3 rings (SSSR count). The number of benzene rings is 2. The van der Waals surface area contributed by atoms with Crippen LogP contribution in [0.4, 0.5) is 15.8 Å². The number of rotatable bonds is 5. The third-order valence-electron chi connectivity index (χ3n) is 4.26. The van der Waals surface area contributed by atoms with Crippen LogP contribution in [0, 0.1) is 11.7 Å². The summed E-state index contributed by atoms with van der Waals surface area (Å²) in [5, 5.41) is 0. The Morgan fingerprint density at radius 1 is 1.20 bits per heavy atom. The zero-order valence-corrected chi connectivity index (χ0v) is 13.8. The highest BCUT2D eigenvalue weighted by molar-refractivity contribution is 6.04. The van der Waals surface area contributed by atoms with E-state index in [1.54, 1.807) is 29.2 Å². The van der Waals surface area contributed by atoms with Gasteiger partial charge in [0, 0.05) is 25.2 Å². The van der Waals surface area contributed by atoms with E-state index in [0.717, 1.165) is 5.69 Å². The zero-order valence-electron chi connectivity index (χ0n) is 13.8. The van der Waals surface area contributed by atoms with Crippen LogP contribution in [0.1, 0.15) is 6.42 Å². The van der Waals surface area contributed by atoms with E-state index < -0.39 is 11.7 Å². The first-order valence-corrected chi connectivity index (χ1v) is 8.14. The van der Waals surface area contributed by atoms with E-state index >= 15 is 0 Å². The molecule has 0 spiro atoms. The number of hydrogen-bond donors (Lipinski definition) is 0. The molecule has 2 aromatic carbocycles. The molecule has 0 aliphatic carbocycles. The lowest BCUT2D eigenvalue weighted by Crippen LogP contribution is -2.37. The van der Waals surface area contributed by atoms with Crippen LogP contribution in [-0.2, 0) is 9.59 Å². The summed E-state index contributed by atoms with van der Waals surface area (Å²) in [7, 11) is 0. The summed E-state index contributed by atoms with van der Waals surface area (Å²) in [6.45, 7) is 4.24. The second-order valence-corrected chi connectivity index (χ2v) is 5.93. The maximum absolute atomic E-state index is 14.0. The first kappa shape index (κ1) is 16.9. The van der Waals surface area contributed by atoms with Gasteiger partial charge in [0.2, 0.25) is 11.8 Å². The Bertz CT molecular complexity index is 791. The number of hydrogen-bond acceptors (Lipinski definition) is 2. The zero-order chi connectivity index (χ0) is 17.8. The summed E-state index contributed by atoms with van der Waals surface area (Å²) in [5.74, 6) is -1.37. The predicted molar refractivity (Wildman–Crippen MR) is 95.9 cm³/mol. The lowest BCUT2D eigenvalue weighted by Gasteiger charge is -2.24. The van der Waals surface area contributed by atoms with Crippen molar-refractivity contribution in [3.63, 3.8) is 0 Å². The number of carbonyl (C=O) groups excluding carboxylic acids is 2. The van der Waals surface area contributed by atoms with E-state index in [2.05, 4.69) is 6.58 Å². The number of amides is 2. The number of nitrogens with zero attached hydrogens (tertiary/aromatic N) is 2. The highest BCUT2D eigenvalue weighted by Crippen LogP contribution is 2.29. The Morgan fingerprint density at radius 2 is 1.88 bits per heavy atom. The second kappa shape index (κ2) is 7.30. The van der Waals surface area contributed by atoms with Crippen molar-refractivity contribution < 1.29 is 14.0 Å². The molecule has 1 unspecified atom stereocenters. The first-order chi connectivity index (χ1) is 12.1. The van der Waals surface area contributed by atoms with Gasteiger partial charge < -0.3 is 9.80 Å². The average molecular weight is 338 g/mol. The quantitative estimate of drug-likeness (QED) is 0.784. The summed E-state index contributed by atoms with van der Waals surface area (Å²) in [6, 6.07) is 15.4. The van der Waals surface area contributed by atoms with Gasteiger partial charge in [0.1, 0.15) is 5.82 Å². The lowest BCUT2D eigenvalue weighted by atomic mass is 10.1. The number of halogens is 1. The molecule has 1 atom stereocenters. The molecule has 2 amide bonds. The van der Waals surface area contributed by atoms with Gasteiger partial charge in [-0.15, -0.1) is 6.58 Å². The van der Waals surface area contributed by atoms with Crippen LogP contribution in [-0.4, -0.2) is 24.9 Å². The van der Waals surface area contributed by atoms with Crippen LogP contribution in [0.5, 0.6) is 0 Å². The molecule has 0 bridgehead atoms. The van der Waals surface area contributed by atoms with Crippen molar-refractivity contribution in [3.8, 4) is 0 Å². The first-order valence-electron chi connectivity index (χ1n) is 8.14. The largest absolute Gasteiger partial charge is 0.309 e. The second-order valence-electron chi connectivity index (χ2n) is 5.93. The predicted octanol–water partition coefficient (Wildman–Crippen LogP) is 3.40. The van der Waals surface area contributed by atoms with Crippen molar-refractivity contribution in [1.29, 1.82) is 0 Å². The van der Waals surface area contributed by atoms with Crippen LogP contribution in [0.15, 0.2) is 67.3 Å². The van der Waals surface area contributed by atoms with Crippen molar-refractivity contribution >= 4 is 23.2 Å². The van der Waals surface area contributed by atoms with E-state index in [1.165, 1.54) is 11.0 Å². The van der Waals surface area contributed by atoms with Gasteiger partial charge in [0.05, 0.1) is 11.6 Å². The normalized spacial score (nSPS) is 16.8. The smallest absolute Gasteiger partial charge is 0.232 e. The van der Waals surface area contributed by atoms with Crippen molar-refractivity contribution in [1.82, 2.24) is 0 Å². The van der Waals surface area contributed by atoms with E-state index in [-0.39, 0.29) is 30.5 Å². The number of carbonyl (C=O) groups is 2. The SMILES string of the molecule is C=CCN(C(=O)C1CC(=O)N(c2ccccc2F)C1)c1ccccc1. The minimum Gasteiger partial charge on any atom is -0.309 e. The molecule has 128 valence electrons. The maximum Gasteiger partial charge on any atom is 0.232 e. The maximum atomic E-state index is 14.0. The highest BCUT2D eigenvalue weighted by Gasteiger charge is 2.38.